The molecule has 0 bridgehead atoms. The third-order valence-corrected chi connectivity index (χ3v) is 14.4. The van der Waals surface area contributed by atoms with E-state index in [1.807, 2.05) is 93.9 Å². The molecule has 12 rings (SSSR count). The van der Waals surface area contributed by atoms with Gasteiger partial charge in [-0.25, -0.2) is 15.0 Å². The first-order valence-corrected chi connectivity index (χ1v) is 29.7. The molecule has 19 heteroatoms. The lowest BCUT2D eigenvalue weighted by Gasteiger charge is -2.15. The first-order chi connectivity index (χ1) is 40.6. The second-order valence-electron chi connectivity index (χ2n) is 20.4. The van der Waals surface area contributed by atoms with Crippen LogP contribution in [0.2, 0.25) is 0 Å². The number of aromatic nitrogens is 6. The van der Waals surface area contributed by atoms with Crippen molar-refractivity contribution in [3.05, 3.63) is 118 Å². The minimum absolute atomic E-state index is 0.252. The number of fused-ring (bicyclic) bond motifs is 3. The molecule has 0 aliphatic carbocycles. The molecule has 6 aliphatic heterocycles. The van der Waals surface area contributed by atoms with Crippen molar-refractivity contribution >= 4 is 69.1 Å². The van der Waals surface area contributed by atoms with Crippen molar-refractivity contribution in [2.24, 2.45) is 0 Å². The highest BCUT2D eigenvalue weighted by Gasteiger charge is 2.25. The van der Waals surface area contributed by atoms with Crippen molar-refractivity contribution in [1.82, 2.24) is 45.4 Å². The van der Waals surface area contributed by atoms with Gasteiger partial charge in [-0.2, -0.15) is 15.0 Å². The molecular weight excluding hydrogens is 1040 g/mol. The number of anilines is 9. The van der Waals surface area contributed by atoms with E-state index in [0.29, 0.717) is 17.8 Å². The molecule has 0 unspecified atom stereocenters. The van der Waals surface area contributed by atoms with Crippen LogP contribution in [0.1, 0.15) is 111 Å². The van der Waals surface area contributed by atoms with Crippen LogP contribution in [0.3, 0.4) is 0 Å². The molecule has 0 spiro atoms. The van der Waals surface area contributed by atoms with E-state index in [9.17, 15) is 0 Å². The van der Waals surface area contributed by atoms with E-state index >= 15 is 0 Å². The lowest BCUT2D eigenvalue weighted by molar-refractivity contribution is 0.173. The summed E-state index contributed by atoms with van der Waals surface area (Å²) in [6.45, 7) is 21.6. The molecule has 0 saturated carbocycles. The molecule has 8 N–H and O–H groups in total. The van der Waals surface area contributed by atoms with Gasteiger partial charge >= 0.3 is 0 Å². The summed E-state index contributed by atoms with van der Waals surface area (Å²) in [5.41, 5.74) is 15.7. The topological polar surface area (TPSA) is 214 Å². The standard InChI is InChI=1S/C21H27N5O.C20H25N5O.C19H23N5O2.2C2H6/c1-14-11-19(22-2)25-21(23-14)24-17-12-16-7-10-27-20(16)18(13-17)15-5-4-8-26(3)9-6-15;1-13-10-18(21-2)25-20(23-13)24-16-11-15-6-9-26-19(15)17(12-16)14-4-3-7-22-8-5-14;1-12-8-17(20-2)24-19(22-12)23-14-9-15(13-4-3-6-21-7-5-13)18-16(10-14)25-11-26-18;2*1-2/h6,11-13H,4-5,7-10H2,1-3H3,(H2,22,23,24,25);5,10-12,22H,3-4,6-9H2,1-2H3,(H2,21,23,24,25);5,8-10,21H,3-4,6-7,11H2,1-2H3,(H2,20,22,23,24);2*1-2H3. The van der Waals surface area contributed by atoms with Crippen molar-refractivity contribution < 1.29 is 18.9 Å². The Hall–Kier alpha value is -8.00. The SMILES string of the molecule is CC.CC.CNc1cc(C)nc(Nc2cc3c(c(C4=CCN(C)CCC4)c2)OCC3)n1.CNc1cc(C)nc(Nc2cc3c(c(C4=CCNCCC4)c2)OCC3)n1.CNc1cc(C)nc(Nc2cc3c(c(C4=CCNCCC4)c2)OCO3)n1. The number of ether oxygens (including phenoxy) is 4. The summed E-state index contributed by atoms with van der Waals surface area (Å²) in [7, 11) is 7.75. The van der Waals surface area contributed by atoms with Crippen molar-refractivity contribution in [1.29, 1.82) is 0 Å². The van der Waals surface area contributed by atoms with Gasteiger partial charge in [-0.15, -0.1) is 0 Å². The van der Waals surface area contributed by atoms with Gasteiger partial charge in [-0.1, -0.05) is 45.9 Å². The summed E-state index contributed by atoms with van der Waals surface area (Å²) < 4.78 is 23.3. The van der Waals surface area contributed by atoms with Crippen LogP contribution in [0.15, 0.2) is 72.8 Å². The lowest BCUT2D eigenvalue weighted by atomic mass is 9.97. The number of nitrogens with one attached hydrogen (secondary N) is 8. The Morgan fingerprint density at radius 2 is 0.880 bits per heavy atom. The zero-order valence-corrected chi connectivity index (χ0v) is 50.7. The van der Waals surface area contributed by atoms with Gasteiger partial charge in [0.25, 0.3) is 0 Å². The molecule has 9 heterocycles. The van der Waals surface area contributed by atoms with Crippen molar-refractivity contribution in [3.8, 4) is 23.0 Å². The normalized spacial score (nSPS) is 15.8. The second kappa shape index (κ2) is 30.3. The molecule has 0 fully saturated rings. The summed E-state index contributed by atoms with van der Waals surface area (Å²) in [4.78, 5) is 29.4. The van der Waals surface area contributed by atoms with Gasteiger partial charge in [0, 0.05) is 140 Å². The second-order valence-corrected chi connectivity index (χ2v) is 20.4. The zero-order valence-electron chi connectivity index (χ0n) is 50.7. The molecule has 19 nitrogen and oxygen atoms in total. The van der Waals surface area contributed by atoms with Gasteiger partial charge in [0.1, 0.15) is 29.0 Å². The Kier molecular flexibility index (Phi) is 22.3. The summed E-state index contributed by atoms with van der Waals surface area (Å²) >= 11 is 0. The van der Waals surface area contributed by atoms with E-state index < -0.39 is 0 Å². The third kappa shape index (κ3) is 16.4. The van der Waals surface area contributed by atoms with E-state index in [-0.39, 0.29) is 6.79 Å². The monoisotopic (exact) mass is 1130 g/mol. The van der Waals surface area contributed by atoms with Gasteiger partial charge in [0.05, 0.1) is 13.2 Å². The van der Waals surface area contributed by atoms with E-state index in [4.69, 9.17) is 18.9 Å². The fourth-order valence-corrected chi connectivity index (χ4v) is 10.5. The van der Waals surface area contributed by atoms with Crippen LogP contribution in [-0.4, -0.2) is 122 Å². The third-order valence-electron chi connectivity index (χ3n) is 14.4. The molecule has 6 aliphatic rings. The van der Waals surface area contributed by atoms with Gasteiger partial charge in [0.2, 0.25) is 24.6 Å². The van der Waals surface area contributed by atoms with E-state index in [1.54, 1.807) is 0 Å². The Balaban J connectivity index is 0.000000158. The van der Waals surface area contributed by atoms with Crippen LogP contribution >= 0.6 is 0 Å². The number of nitrogens with zero attached hydrogens (tertiary/aromatic N) is 7. The number of allylic oxidation sites excluding steroid dienone is 3. The average molecular weight is 1130 g/mol. The average Bonchev–Trinajstić information content (AvgIpc) is 4.32. The van der Waals surface area contributed by atoms with Crippen LogP contribution in [0.4, 0.5) is 52.4 Å². The molecule has 0 amide bonds. The van der Waals surface area contributed by atoms with Crippen LogP contribution < -0.4 is 61.5 Å². The maximum Gasteiger partial charge on any atom is 0.231 e. The lowest BCUT2D eigenvalue weighted by Crippen LogP contribution is -2.17. The first kappa shape index (κ1) is 61.1. The number of aryl methyl sites for hydroxylation is 3. The summed E-state index contributed by atoms with van der Waals surface area (Å²) in [6.07, 6.45) is 15.3. The molecule has 3 aromatic carbocycles. The fourth-order valence-electron chi connectivity index (χ4n) is 10.5. The van der Waals surface area contributed by atoms with Crippen molar-refractivity contribution in [2.45, 2.75) is 99.8 Å². The predicted octanol–water partition coefficient (Wildman–Crippen LogP) is 12.0. The van der Waals surface area contributed by atoms with Crippen molar-refractivity contribution in [2.75, 3.05) is 119 Å². The number of hydrogen-bond donors (Lipinski definition) is 8. The van der Waals surface area contributed by atoms with Gasteiger partial charge < -0.3 is 66.4 Å². The van der Waals surface area contributed by atoms with Gasteiger partial charge in [-0.05, 0) is 133 Å². The highest BCUT2D eigenvalue weighted by molar-refractivity contribution is 5.80. The number of rotatable bonds is 12. The van der Waals surface area contributed by atoms with Gasteiger partial charge in [0.15, 0.2) is 11.5 Å². The van der Waals surface area contributed by atoms with E-state index in [1.165, 1.54) is 45.4 Å². The quantitative estimate of drug-likeness (QED) is 0.0572. The minimum atomic E-state index is 0.252. The largest absolute Gasteiger partial charge is 0.492 e. The molecule has 6 aromatic rings. The van der Waals surface area contributed by atoms with E-state index in [2.05, 4.69) is 133 Å². The van der Waals surface area contributed by atoms with Crippen LogP contribution in [0, 0.1) is 20.8 Å². The van der Waals surface area contributed by atoms with E-state index in [0.717, 1.165) is 178 Å². The fraction of sp³-hybridized carbons (Fsp3) is 0.438. The smallest absolute Gasteiger partial charge is 0.231 e. The summed E-state index contributed by atoms with van der Waals surface area (Å²) in [6, 6.07) is 18.5. The number of likely N-dealkylation sites (N-methyl/N-ethyl adjacent to an activating group) is 1. The maximum atomic E-state index is 5.99. The van der Waals surface area contributed by atoms with Crippen LogP contribution in [0.25, 0.3) is 16.7 Å². The summed E-state index contributed by atoms with van der Waals surface area (Å²) in [5, 5.41) is 26.1. The zero-order chi connectivity index (χ0) is 58.7. The minimum Gasteiger partial charge on any atom is -0.492 e. The Morgan fingerprint density at radius 1 is 0.458 bits per heavy atom. The maximum absolute atomic E-state index is 5.99. The Labute approximate surface area is 491 Å². The highest BCUT2D eigenvalue weighted by Crippen LogP contribution is 2.44. The van der Waals surface area contributed by atoms with Crippen LogP contribution in [0.5, 0.6) is 23.0 Å². The highest BCUT2D eigenvalue weighted by atomic mass is 16.7. The van der Waals surface area contributed by atoms with Crippen molar-refractivity contribution in [3.63, 3.8) is 0 Å². The predicted molar refractivity (Wildman–Crippen MR) is 340 cm³/mol. The van der Waals surface area contributed by atoms with Gasteiger partial charge in [-0.3, -0.25) is 0 Å². The molecule has 0 radical (unpaired) electrons. The molecular formula is C64H87N15O4. The Morgan fingerprint density at radius 3 is 1.34 bits per heavy atom. The number of hydrogen-bond acceptors (Lipinski definition) is 19. The summed E-state index contributed by atoms with van der Waals surface area (Å²) in [5.74, 6) is 7.84. The molecule has 0 saturated heterocycles. The molecule has 83 heavy (non-hydrogen) atoms. The Bertz CT molecular complexity index is 3110. The first-order valence-electron chi connectivity index (χ1n) is 29.7. The molecule has 442 valence electrons. The number of benzene rings is 3. The molecule has 3 aromatic heterocycles. The molecule has 0 atom stereocenters. The van der Waals surface area contributed by atoms with Crippen LogP contribution in [-0.2, 0) is 12.8 Å².